The lowest BCUT2D eigenvalue weighted by Gasteiger charge is -2.00. The van der Waals surface area contributed by atoms with Gasteiger partial charge in [-0.15, -0.1) is 10.2 Å². The Bertz CT molecular complexity index is 912. The van der Waals surface area contributed by atoms with Crippen molar-refractivity contribution < 1.29 is 0 Å². The second-order valence-corrected chi connectivity index (χ2v) is 4.84. The molecule has 0 aliphatic heterocycles. The first kappa shape index (κ1) is 12.0. The number of hydrogen-bond donors (Lipinski definition) is 0. The molecular formula is C14H9ClN6. The Labute approximate surface area is 124 Å². The predicted octanol–water partition coefficient (Wildman–Crippen LogP) is 2.63. The van der Waals surface area contributed by atoms with Gasteiger partial charge in [-0.3, -0.25) is 9.38 Å². The van der Waals surface area contributed by atoms with Crippen LogP contribution in [0.1, 0.15) is 0 Å². The van der Waals surface area contributed by atoms with Crippen LogP contribution in [0.15, 0.2) is 55.1 Å². The normalized spacial score (nSPS) is 11.1. The number of nitrogens with zero attached hydrogens (tertiary/aromatic N) is 6. The molecule has 7 heteroatoms. The molecule has 0 saturated carbocycles. The van der Waals surface area contributed by atoms with Crippen molar-refractivity contribution in [2.45, 2.75) is 0 Å². The largest absolute Gasteiger partial charge is 0.262 e. The average Bonchev–Trinajstić information content (AvgIpc) is 3.15. The van der Waals surface area contributed by atoms with Crippen LogP contribution in [0.25, 0.3) is 22.7 Å². The van der Waals surface area contributed by atoms with Gasteiger partial charge in [0.15, 0.2) is 11.5 Å². The molecule has 1 aromatic carbocycles. The van der Waals surface area contributed by atoms with Crippen LogP contribution in [0.2, 0.25) is 5.15 Å². The van der Waals surface area contributed by atoms with Gasteiger partial charge in [0, 0.05) is 6.20 Å². The fourth-order valence-electron chi connectivity index (χ4n) is 2.16. The third-order valence-electron chi connectivity index (χ3n) is 3.13. The van der Waals surface area contributed by atoms with Gasteiger partial charge in [-0.05, 0) is 12.1 Å². The first-order chi connectivity index (χ1) is 10.3. The number of rotatable bonds is 2. The lowest BCUT2D eigenvalue weighted by Crippen LogP contribution is -1.93. The van der Waals surface area contributed by atoms with Gasteiger partial charge in [0.05, 0.1) is 29.8 Å². The van der Waals surface area contributed by atoms with Gasteiger partial charge < -0.3 is 0 Å². The Hall–Kier alpha value is -2.73. The van der Waals surface area contributed by atoms with Crippen molar-refractivity contribution in [1.82, 2.24) is 29.4 Å². The molecule has 3 heterocycles. The molecule has 21 heavy (non-hydrogen) atoms. The summed E-state index contributed by atoms with van der Waals surface area (Å²) >= 11 is 6.17. The van der Waals surface area contributed by atoms with Crippen LogP contribution >= 0.6 is 11.6 Å². The highest BCUT2D eigenvalue weighted by molar-refractivity contribution is 6.29. The second-order valence-electron chi connectivity index (χ2n) is 4.46. The summed E-state index contributed by atoms with van der Waals surface area (Å²) in [5.74, 6) is 0.639. The number of para-hydroxylation sites is 1. The quantitative estimate of drug-likeness (QED) is 0.570. The van der Waals surface area contributed by atoms with Crippen LogP contribution in [-0.2, 0) is 0 Å². The van der Waals surface area contributed by atoms with Crippen molar-refractivity contribution in [3.8, 4) is 17.1 Å². The Balaban J connectivity index is 1.85. The number of aromatic nitrogens is 6. The molecule has 0 amide bonds. The zero-order chi connectivity index (χ0) is 14.2. The number of hydrogen-bond acceptors (Lipinski definition) is 4. The molecule has 0 aliphatic rings. The Morgan fingerprint density at radius 3 is 2.67 bits per heavy atom. The molecule has 0 aliphatic carbocycles. The molecule has 4 aromatic rings. The maximum atomic E-state index is 6.17. The van der Waals surface area contributed by atoms with E-state index in [-0.39, 0.29) is 0 Å². The summed E-state index contributed by atoms with van der Waals surface area (Å²) in [5, 5.41) is 13.0. The highest BCUT2D eigenvalue weighted by Crippen LogP contribution is 2.22. The van der Waals surface area contributed by atoms with Gasteiger partial charge in [-0.1, -0.05) is 29.8 Å². The fourth-order valence-corrected chi connectivity index (χ4v) is 2.38. The molecule has 0 atom stereocenters. The molecule has 6 nitrogen and oxygen atoms in total. The summed E-state index contributed by atoms with van der Waals surface area (Å²) in [5.41, 5.74) is 2.41. The van der Waals surface area contributed by atoms with E-state index in [4.69, 9.17) is 11.6 Å². The number of halogens is 1. The molecular weight excluding hydrogens is 288 g/mol. The topological polar surface area (TPSA) is 60.9 Å². The second kappa shape index (κ2) is 4.68. The summed E-state index contributed by atoms with van der Waals surface area (Å²) < 4.78 is 3.52. The van der Waals surface area contributed by atoms with Crippen molar-refractivity contribution in [2.75, 3.05) is 0 Å². The zero-order valence-corrected chi connectivity index (χ0v) is 11.5. The Morgan fingerprint density at radius 2 is 1.81 bits per heavy atom. The number of fused-ring (bicyclic) bond motifs is 1. The monoisotopic (exact) mass is 296 g/mol. The molecule has 0 fully saturated rings. The fraction of sp³-hybridized carbons (Fsp3) is 0. The van der Waals surface area contributed by atoms with E-state index in [1.807, 2.05) is 36.5 Å². The Morgan fingerprint density at radius 1 is 0.952 bits per heavy atom. The predicted molar refractivity (Wildman–Crippen MR) is 78.4 cm³/mol. The summed E-state index contributed by atoms with van der Waals surface area (Å²) in [7, 11) is 0. The van der Waals surface area contributed by atoms with Crippen LogP contribution in [-0.4, -0.2) is 29.4 Å². The van der Waals surface area contributed by atoms with Crippen LogP contribution < -0.4 is 0 Å². The smallest absolute Gasteiger partial charge is 0.180 e. The number of benzene rings is 1. The van der Waals surface area contributed by atoms with Gasteiger partial charge in [-0.25, -0.2) is 4.68 Å². The minimum atomic E-state index is 0.458. The standard InChI is InChI=1S/C14H9ClN6/c15-12-7-16-8-13-18-19-14(21(12)13)10-6-17-20(9-10)11-4-2-1-3-5-11/h1-9H. The minimum Gasteiger partial charge on any atom is -0.262 e. The van der Waals surface area contributed by atoms with E-state index >= 15 is 0 Å². The highest BCUT2D eigenvalue weighted by atomic mass is 35.5. The van der Waals surface area contributed by atoms with Gasteiger partial charge in [-0.2, -0.15) is 5.10 Å². The lowest BCUT2D eigenvalue weighted by atomic mass is 10.3. The summed E-state index contributed by atoms with van der Waals surface area (Å²) in [6, 6.07) is 9.86. The van der Waals surface area contributed by atoms with Crippen LogP contribution in [0.4, 0.5) is 0 Å². The van der Waals surface area contributed by atoms with Crippen molar-refractivity contribution in [1.29, 1.82) is 0 Å². The molecule has 4 rings (SSSR count). The summed E-state index contributed by atoms with van der Waals surface area (Å²) in [4.78, 5) is 4.00. The van der Waals surface area contributed by atoms with Crippen LogP contribution in [0, 0.1) is 0 Å². The molecule has 0 N–H and O–H groups in total. The molecule has 102 valence electrons. The van der Waals surface area contributed by atoms with Gasteiger partial charge >= 0.3 is 0 Å². The van der Waals surface area contributed by atoms with Gasteiger partial charge in [0.1, 0.15) is 5.15 Å². The van der Waals surface area contributed by atoms with E-state index in [2.05, 4.69) is 20.3 Å². The molecule has 0 spiro atoms. The third kappa shape index (κ3) is 1.96. The van der Waals surface area contributed by atoms with E-state index in [0.29, 0.717) is 16.6 Å². The maximum Gasteiger partial charge on any atom is 0.180 e. The Kier molecular flexibility index (Phi) is 2.68. The highest BCUT2D eigenvalue weighted by Gasteiger charge is 2.13. The van der Waals surface area contributed by atoms with E-state index in [1.165, 1.54) is 0 Å². The van der Waals surface area contributed by atoms with Crippen LogP contribution in [0.5, 0.6) is 0 Å². The van der Waals surface area contributed by atoms with Crippen molar-refractivity contribution >= 4 is 17.2 Å². The summed E-state index contributed by atoms with van der Waals surface area (Å²) in [6.07, 6.45) is 6.80. The minimum absolute atomic E-state index is 0.458. The van der Waals surface area contributed by atoms with Crippen LogP contribution in [0.3, 0.4) is 0 Å². The van der Waals surface area contributed by atoms with Crippen molar-refractivity contribution in [2.24, 2.45) is 0 Å². The van der Waals surface area contributed by atoms with Crippen molar-refractivity contribution in [3.63, 3.8) is 0 Å². The molecule has 0 bridgehead atoms. The SMILES string of the molecule is Clc1cncc2nnc(-c3cnn(-c4ccccc4)c3)n12. The van der Waals surface area contributed by atoms with Gasteiger partial charge in [0.25, 0.3) is 0 Å². The molecule has 3 aromatic heterocycles. The third-order valence-corrected chi connectivity index (χ3v) is 3.40. The zero-order valence-electron chi connectivity index (χ0n) is 10.8. The molecule has 0 unspecified atom stereocenters. The van der Waals surface area contributed by atoms with E-state index in [0.717, 1.165) is 11.3 Å². The van der Waals surface area contributed by atoms with Crippen molar-refractivity contribution in [3.05, 3.63) is 60.3 Å². The summed E-state index contributed by atoms with van der Waals surface area (Å²) in [6.45, 7) is 0. The first-order valence-corrected chi connectivity index (χ1v) is 6.66. The van der Waals surface area contributed by atoms with E-state index in [1.54, 1.807) is 27.7 Å². The molecule has 0 radical (unpaired) electrons. The molecule has 0 saturated heterocycles. The maximum absolute atomic E-state index is 6.17. The van der Waals surface area contributed by atoms with E-state index in [9.17, 15) is 0 Å². The first-order valence-electron chi connectivity index (χ1n) is 6.28. The van der Waals surface area contributed by atoms with E-state index < -0.39 is 0 Å². The average molecular weight is 297 g/mol. The van der Waals surface area contributed by atoms with Gasteiger partial charge in [0.2, 0.25) is 0 Å². The lowest BCUT2D eigenvalue weighted by molar-refractivity contribution is 0.880.